The first-order valence-corrected chi connectivity index (χ1v) is 10.5. The van der Waals surface area contributed by atoms with Gasteiger partial charge in [0.2, 0.25) is 5.91 Å². The average molecular weight is 425 g/mol. The number of amides is 1. The Kier molecular flexibility index (Phi) is 6.18. The van der Waals surface area contributed by atoms with Crippen LogP contribution in [0, 0.1) is 11.3 Å². The van der Waals surface area contributed by atoms with Gasteiger partial charge in [-0.1, -0.05) is 30.3 Å². The van der Waals surface area contributed by atoms with Gasteiger partial charge < -0.3 is 14.8 Å². The monoisotopic (exact) mass is 425 g/mol. The van der Waals surface area contributed by atoms with Crippen molar-refractivity contribution in [1.29, 1.82) is 5.26 Å². The maximum atomic E-state index is 13.2. The minimum Gasteiger partial charge on any atom is -0.490 e. The van der Waals surface area contributed by atoms with Gasteiger partial charge in [0.25, 0.3) is 0 Å². The van der Waals surface area contributed by atoms with Gasteiger partial charge in [-0.05, 0) is 55.3 Å². The van der Waals surface area contributed by atoms with Crippen LogP contribution in [0.1, 0.15) is 36.5 Å². The number of nitrogens with one attached hydrogen (secondary N) is 1. The Balaban J connectivity index is 1.85. The van der Waals surface area contributed by atoms with E-state index < -0.39 is 5.92 Å². The van der Waals surface area contributed by atoms with E-state index in [-0.39, 0.29) is 5.91 Å². The molecule has 160 valence electrons. The number of ether oxygens (including phenoxy) is 2. The second-order valence-corrected chi connectivity index (χ2v) is 7.20. The summed E-state index contributed by atoms with van der Waals surface area (Å²) in [7, 11) is 0. The SMILES string of the molecule is CCOc1cc2c(cc1OCC)C(C(=Nc1ccc(C#N)cc1)c1ccccc1)C(=O)N2. The fourth-order valence-electron chi connectivity index (χ4n) is 3.73. The molecule has 1 amide bonds. The highest BCUT2D eigenvalue weighted by molar-refractivity contribution is 6.24. The van der Waals surface area contributed by atoms with E-state index in [2.05, 4.69) is 11.4 Å². The van der Waals surface area contributed by atoms with Gasteiger partial charge in [0, 0.05) is 11.8 Å². The highest BCUT2D eigenvalue weighted by atomic mass is 16.5. The van der Waals surface area contributed by atoms with Gasteiger partial charge in [0.1, 0.15) is 5.92 Å². The topological polar surface area (TPSA) is 83.7 Å². The van der Waals surface area contributed by atoms with Crippen molar-refractivity contribution in [3.63, 3.8) is 0 Å². The highest BCUT2D eigenvalue weighted by Crippen LogP contribution is 2.43. The number of hydrogen-bond donors (Lipinski definition) is 1. The van der Waals surface area contributed by atoms with Crippen LogP contribution in [0.5, 0.6) is 11.5 Å². The minimum absolute atomic E-state index is 0.160. The molecule has 32 heavy (non-hydrogen) atoms. The smallest absolute Gasteiger partial charge is 0.238 e. The zero-order valence-electron chi connectivity index (χ0n) is 18.0. The standard InChI is InChI=1S/C26H23N3O3/c1-3-31-22-14-20-21(15-23(22)32-4-2)29-26(30)24(20)25(18-8-6-5-7-9-18)28-19-12-10-17(16-27)11-13-19/h5-15,24H,3-4H2,1-2H3,(H,29,30). The number of fused-ring (bicyclic) bond motifs is 1. The van der Waals surface area contributed by atoms with E-state index >= 15 is 0 Å². The van der Waals surface area contributed by atoms with Gasteiger partial charge in [-0.3, -0.25) is 9.79 Å². The van der Waals surface area contributed by atoms with Crippen LogP contribution in [-0.4, -0.2) is 24.8 Å². The molecule has 0 saturated carbocycles. The third kappa shape index (κ3) is 4.19. The number of anilines is 1. The summed E-state index contributed by atoms with van der Waals surface area (Å²) in [6, 6.07) is 22.4. The van der Waals surface area contributed by atoms with Crippen LogP contribution in [0.25, 0.3) is 0 Å². The van der Waals surface area contributed by atoms with Crippen molar-refractivity contribution in [3.8, 4) is 17.6 Å². The number of carbonyl (C=O) groups excluding carboxylic acids is 1. The van der Waals surface area contributed by atoms with Gasteiger partial charge in [-0.2, -0.15) is 5.26 Å². The van der Waals surface area contributed by atoms with Gasteiger partial charge in [0.15, 0.2) is 11.5 Å². The highest BCUT2D eigenvalue weighted by Gasteiger charge is 2.36. The van der Waals surface area contributed by atoms with Crippen LogP contribution in [0.3, 0.4) is 0 Å². The van der Waals surface area contributed by atoms with Gasteiger partial charge in [0.05, 0.1) is 36.2 Å². The van der Waals surface area contributed by atoms with Crippen molar-refractivity contribution in [2.24, 2.45) is 4.99 Å². The second-order valence-electron chi connectivity index (χ2n) is 7.20. The minimum atomic E-state index is -0.613. The predicted molar refractivity (Wildman–Crippen MR) is 124 cm³/mol. The van der Waals surface area contributed by atoms with E-state index in [1.54, 1.807) is 24.3 Å². The summed E-state index contributed by atoms with van der Waals surface area (Å²) in [6.07, 6.45) is 0. The van der Waals surface area contributed by atoms with Crippen molar-refractivity contribution in [2.75, 3.05) is 18.5 Å². The lowest BCUT2D eigenvalue weighted by Crippen LogP contribution is -2.22. The van der Waals surface area contributed by atoms with E-state index in [9.17, 15) is 4.79 Å². The molecule has 1 heterocycles. The molecule has 1 aliphatic heterocycles. The van der Waals surface area contributed by atoms with Crippen LogP contribution in [0.15, 0.2) is 71.7 Å². The van der Waals surface area contributed by atoms with Crippen LogP contribution in [-0.2, 0) is 4.79 Å². The average Bonchev–Trinajstić information content (AvgIpc) is 3.13. The van der Waals surface area contributed by atoms with E-state index in [1.165, 1.54) is 0 Å². The van der Waals surface area contributed by atoms with Gasteiger partial charge in [-0.15, -0.1) is 0 Å². The number of hydrogen-bond acceptors (Lipinski definition) is 5. The van der Waals surface area contributed by atoms with E-state index in [0.717, 1.165) is 11.1 Å². The largest absolute Gasteiger partial charge is 0.490 e. The molecule has 4 rings (SSSR count). The summed E-state index contributed by atoms with van der Waals surface area (Å²) in [4.78, 5) is 18.0. The van der Waals surface area contributed by atoms with Crippen molar-refractivity contribution in [2.45, 2.75) is 19.8 Å². The van der Waals surface area contributed by atoms with Crippen LogP contribution in [0.4, 0.5) is 11.4 Å². The summed E-state index contributed by atoms with van der Waals surface area (Å²) in [5.74, 6) is 0.421. The Hall–Kier alpha value is -4.11. The number of rotatable bonds is 7. The molecule has 1 atom stereocenters. The van der Waals surface area contributed by atoms with Crippen molar-refractivity contribution in [3.05, 3.63) is 83.4 Å². The summed E-state index contributed by atoms with van der Waals surface area (Å²) < 4.78 is 11.5. The Morgan fingerprint density at radius 2 is 1.66 bits per heavy atom. The van der Waals surface area contributed by atoms with E-state index in [0.29, 0.717) is 47.4 Å². The molecule has 0 radical (unpaired) electrons. The summed E-state index contributed by atoms with van der Waals surface area (Å²) in [5.41, 5.74) is 4.17. The quantitative estimate of drug-likeness (QED) is 0.527. The molecule has 0 spiro atoms. The maximum absolute atomic E-state index is 13.2. The Labute approximate surface area is 187 Å². The first-order valence-electron chi connectivity index (χ1n) is 10.5. The van der Waals surface area contributed by atoms with Crippen LogP contribution >= 0.6 is 0 Å². The number of aliphatic imine (C=N–C) groups is 1. The van der Waals surface area contributed by atoms with Crippen molar-refractivity contribution in [1.82, 2.24) is 0 Å². The lowest BCUT2D eigenvalue weighted by molar-refractivity contribution is -0.115. The normalized spacial score (nSPS) is 15.0. The molecule has 6 nitrogen and oxygen atoms in total. The van der Waals surface area contributed by atoms with Crippen LogP contribution < -0.4 is 14.8 Å². The Morgan fingerprint density at radius 1 is 1.00 bits per heavy atom. The molecule has 3 aromatic rings. The predicted octanol–water partition coefficient (Wildman–Crippen LogP) is 5.21. The summed E-state index contributed by atoms with van der Waals surface area (Å²) in [6.45, 7) is 4.79. The molecule has 1 N–H and O–H groups in total. The first kappa shape index (κ1) is 21.1. The van der Waals surface area contributed by atoms with E-state index in [4.69, 9.17) is 19.7 Å². The number of nitriles is 1. The molecular weight excluding hydrogens is 402 g/mol. The molecule has 0 saturated heterocycles. The number of nitrogens with zero attached hydrogens (tertiary/aromatic N) is 2. The third-order valence-electron chi connectivity index (χ3n) is 5.14. The first-order chi connectivity index (χ1) is 15.6. The molecule has 0 aliphatic carbocycles. The molecular formula is C26H23N3O3. The molecule has 0 aromatic heterocycles. The molecule has 1 aliphatic rings. The molecule has 6 heteroatoms. The fourth-order valence-corrected chi connectivity index (χ4v) is 3.73. The molecule has 3 aromatic carbocycles. The second kappa shape index (κ2) is 9.36. The molecule has 1 unspecified atom stereocenters. The fraction of sp³-hybridized carbons (Fsp3) is 0.192. The summed E-state index contributed by atoms with van der Waals surface area (Å²) in [5, 5.41) is 12.0. The summed E-state index contributed by atoms with van der Waals surface area (Å²) >= 11 is 0. The third-order valence-corrected chi connectivity index (χ3v) is 5.14. The Morgan fingerprint density at radius 3 is 2.28 bits per heavy atom. The lowest BCUT2D eigenvalue weighted by atomic mass is 9.90. The lowest BCUT2D eigenvalue weighted by Gasteiger charge is -2.16. The van der Waals surface area contributed by atoms with Crippen LogP contribution in [0.2, 0.25) is 0 Å². The number of carbonyl (C=O) groups is 1. The maximum Gasteiger partial charge on any atom is 0.238 e. The van der Waals surface area contributed by atoms with Gasteiger partial charge in [-0.25, -0.2) is 0 Å². The van der Waals surface area contributed by atoms with Crippen molar-refractivity contribution < 1.29 is 14.3 Å². The molecule has 0 bridgehead atoms. The zero-order valence-corrected chi connectivity index (χ0v) is 18.0. The van der Waals surface area contributed by atoms with Crippen molar-refractivity contribution >= 4 is 23.0 Å². The van der Waals surface area contributed by atoms with E-state index in [1.807, 2.05) is 56.3 Å². The number of benzene rings is 3. The molecule has 0 fully saturated rings. The van der Waals surface area contributed by atoms with Gasteiger partial charge >= 0.3 is 0 Å². The Bertz CT molecular complexity index is 1200. The zero-order chi connectivity index (χ0) is 22.5.